The third kappa shape index (κ3) is 5.68. The lowest BCUT2D eigenvalue weighted by Gasteiger charge is -2.37. The Morgan fingerprint density at radius 1 is 1.28 bits per heavy atom. The van der Waals surface area contributed by atoms with Crippen LogP contribution in [0.5, 0.6) is 0 Å². The van der Waals surface area contributed by atoms with Gasteiger partial charge in [0.2, 0.25) is 5.91 Å². The van der Waals surface area contributed by atoms with Gasteiger partial charge in [-0.25, -0.2) is 0 Å². The molecule has 0 unspecified atom stereocenters. The Kier molecular flexibility index (Phi) is 6.72. The number of nitrogens with two attached hydrogens (primary N) is 1. The summed E-state index contributed by atoms with van der Waals surface area (Å²) in [6.07, 6.45) is 7.65. The number of likely N-dealkylation sites (tertiary alicyclic amines) is 1. The van der Waals surface area contributed by atoms with E-state index in [1.165, 1.54) is 18.4 Å². The Morgan fingerprint density at radius 3 is 2.41 bits per heavy atom. The van der Waals surface area contributed by atoms with Crippen molar-refractivity contribution < 1.29 is 9.63 Å². The van der Waals surface area contributed by atoms with E-state index >= 15 is 0 Å². The van der Waals surface area contributed by atoms with Crippen LogP contribution in [0.15, 0.2) is 41.6 Å². The molecule has 1 amide bonds. The Morgan fingerprint density at radius 2 is 1.90 bits per heavy atom. The SMILES string of the molecule is C=C1CC1.CCCCC(=O)N1CCC2(CC1)CC(c1ccc(C(=N)N)cc1)=NO2. The van der Waals surface area contributed by atoms with E-state index < -0.39 is 0 Å². The highest BCUT2D eigenvalue weighted by atomic mass is 16.7. The number of benzene rings is 1. The summed E-state index contributed by atoms with van der Waals surface area (Å²) in [4.78, 5) is 19.9. The topological polar surface area (TPSA) is 91.8 Å². The number of hydrogen-bond donors (Lipinski definition) is 2. The molecule has 4 rings (SSSR count). The number of allylic oxidation sites excluding steroid dienone is 1. The first-order chi connectivity index (χ1) is 13.9. The zero-order valence-electron chi connectivity index (χ0n) is 17.4. The maximum atomic E-state index is 12.2. The van der Waals surface area contributed by atoms with Crippen molar-refractivity contribution in [2.45, 2.75) is 63.9 Å². The molecule has 6 nitrogen and oxygen atoms in total. The second kappa shape index (κ2) is 9.25. The Balaban J connectivity index is 0.000000536. The minimum absolute atomic E-state index is 0.0627. The van der Waals surface area contributed by atoms with Gasteiger partial charge < -0.3 is 15.5 Å². The summed E-state index contributed by atoms with van der Waals surface area (Å²) in [6.45, 7) is 7.26. The average molecular weight is 397 g/mol. The molecule has 2 fully saturated rings. The van der Waals surface area contributed by atoms with Crippen LogP contribution in [0, 0.1) is 5.41 Å². The molecule has 0 bridgehead atoms. The van der Waals surface area contributed by atoms with Crippen molar-refractivity contribution in [1.82, 2.24) is 4.90 Å². The molecule has 0 aromatic heterocycles. The van der Waals surface area contributed by atoms with Gasteiger partial charge in [0.05, 0.1) is 5.71 Å². The fourth-order valence-electron chi connectivity index (χ4n) is 3.52. The molecular formula is C23H32N4O2. The van der Waals surface area contributed by atoms with Crippen LogP contribution in [0.3, 0.4) is 0 Å². The molecule has 156 valence electrons. The number of amides is 1. The van der Waals surface area contributed by atoms with E-state index in [0.717, 1.165) is 56.5 Å². The van der Waals surface area contributed by atoms with Crippen LogP contribution in [0.4, 0.5) is 0 Å². The van der Waals surface area contributed by atoms with Crippen LogP contribution in [-0.4, -0.2) is 41.0 Å². The third-order valence-electron chi connectivity index (χ3n) is 5.74. The minimum Gasteiger partial charge on any atom is -0.388 e. The zero-order valence-corrected chi connectivity index (χ0v) is 17.4. The first kappa shape index (κ1) is 21.1. The van der Waals surface area contributed by atoms with Crippen LogP contribution in [0.2, 0.25) is 0 Å². The standard InChI is InChI=1S/C19H26N4O2.C4H6/c1-2-3-4-17(24)23-11-9-19(10-12-23)13-16(22-25-19)14-5-7-15(8-6-14)18(20)21;1-4-2-3-4/h5-8H,2-4,9-13H2,1H3,(H3,20,21);1-3H2. The number of carbonyl (C=O) groups is 1. The van der Waals surface area contributed by atoms with Gasteiger partial charge in [-0.2, -0.15) is 0 Å². The second-order valence-corrected chi connectivity index (χ2v) is 8.21. The lowest BCUT2D eigenvalue weighted by molar-refractivity contribution is -0.137. The molecule has 2 aliphatic heterocycles. The molecule has 1 spiro atoms. The van der Waals surface area contributed by atoms with Gasteiger partial charge in [0.1, 0.15) is 11.4 Å². The molecule has 6 heteroatoms. The maximum absolute atomic E-state index is 12.2. The van der Waals surface area contributed by atoms with Crippen LogP contribution >= 0.6 is 0 Å². The van der Waals surface area contributed by atoms with Crippen molar-refractivity contribution >= 4 is 17.5 Å². The van der Waals surface area contributed by atoms with Crippen LogP contribution in [0.25, 0.3) is 0 Å². The smallest absolute Gasteiger partial charge is 0.222 e. The van der Waals surface area contributed by atoms with Crippen molar-refractivity contribution in [1.29, 1.82) is 5.41 Å². The van der Waals surface area contributed by atoms with E-state index in [1.807, 2.05) is 29.2 Å². The van der Waals surface area contributed by atoms with Gasteiger partial charge in [-0.1, -0.05) is 54.9 Å². The van der Waals surface area contributed by atoms with Crippen molar-refractivity contribution in [3.8, 4) is 0 Å². The number of oxime groups is 1. The molecule has 3 aliphatic rings. The van der Waals surface area contributed by atoms with E-state index in [4.69, 9.17) is 16.0 Å². The molecule has 1 aromatic carbocycles. The number of carbonyl (C=O) groups excluding carboxylic acids is 1. The van der Waals surface area contributed by atoms with Crippen molar-refractivity contribution in [2.24, 2.45) is 10.9 Å². The summed E-state index contributed by atoms with van der Waals surface area (Å²) in [6, 6.07) is 7.53. The number of piperidine rings is 1. The number of rotatable bonds is 5. The molecule has 2 heterocycles. The predicted octanol–water partition coefficient (Wildman–Crippen LogP) is 3.98. The summed E-state index contributed by atoms with van der Waals surface area (Å²) in [5.41, 5.74) is 9.28. The van der Waals surface area contributed by atoms with Crippen LogP contribution < -0.4 is 5.73 Å². The van der Waals surface area contributed by atoms with E-state index in [1.54, 1.807) is 0 Å². The molecule has 1 saturated carbocycles. The predicted molar refractivity (Wildman–Crippen MR) is 116 cm³/mol. The fourth-order valence-corrected chi connectivity index (χ4v) is 3.52. The molecule has 1 aliphatic carbocycles. The molecule has 1 aromatic rings. The highest BCUT2D eigenvalue weighted by molar-refractivity contribution is 6.03. The summed E-state index contributed by atoms with van der Waals surface area (Å²) in [7, 11) is 0. The van der Waals surface area contributed by atoms with Crippen molar-refractivity contribution in [3.63, 3.8) is 0 Å². The molecule has 0 radical (unpaired) electrons. The van der Waals surface area contributed by atoms with Crippen LogP contribution in [-0.2, 0) is 9.63 Å². The summed E-state index contributed by atoms with van der Waals surface area (Å²) in [5.74, 6) is 0.323. The van der Waals surface area contributed by atoms with E-state index in [0.29, 0.717) is 12.0 Å². The van der Waals surface area contributed by atoms with E-state index in [2.05, 4.69) is 18.7 Å². The van der Waals surface area contributed by atoms with Gasteiger partial charge >= 0.3 is 0 Å². The highest BCUT2D eigenvalue weighted by Gasteiger charge is 2.42. The fraction of sp³-hybridized carbons (Fsp3) is 0.522. The first-order valence-corrected chi connectivity index (χ1v) is 10.6. The molecule has 0 atom stereocenters. The minimum atomic E-state index is -0.268. The number of amidine groups is 1. The lowest BCUT2D eigenvalue weighted by Crippen LogP contribution is -2.46. The van der Waals surface area contributed by atoms with Gasteiger partial charge in [-0.3, -0.25) is 10.2 Å². The van der Waals surface area contributed by atoms with Gasteiger partial charge in [0.15, 0.2) is 0 Å². The monoisotopic (exact) mass is 396 g/mol. The number of nitrogens with zero attached hydrogens (tertiary/aromatic N) is 2. The number of hydrogen-bond acceptors (Lipinski definition) is 4. The summed E-state index contributed by atoms with van der Waals surface area (Å²) in [5, 5.41) is 11.8. The third-order valence-corrected chi connectivity index (χ3v) is 5.74. The van der Waals surface area contributed by atoms with Gasteiger partial charge in [0, 0.05) is 44.3 Å². The number of nitrogen functional groups attached to an aromatic ring is 1. The van der Waals surface area contributed by atoms with E-state index in [9.17, 15) is 4.79 Å². The molecule has 1 saturated heterocycles. The quantitative estimate of drug-likeness (QED) is 0.448. The Labute approximate surface area is 173 Å². The molecule has 3 N–H and O–H groups in total. The van der Waals surface area contributed by atoms with Crippen molar-refractivity contribution in [2.75, 3.05) is 13.1 Å². The highest BCUT2D eigenvalue weighted by Crippen LogP contribution is 2.36. The zero-order chi connectivity index (χ0) is 20.9. The summed E-state index contributed by atoms with van der Waals surface area (Å²) >= 11 is 0. The number of unbranched alkanes of at least 4 members (excludes halogenated alkanes) is 1. The van der Waals surface area contributed by atoms with Gasteiger partial charge in [-0.05, 0) is 24.8 Å². The van der Waals surface area contributed by atoms with Crippen molar-refractivity contribution in [3.05, 3.63) is 47.5 Å². The molecular weight excluding hydrogens is 364 g/mol. The Hall–Kier alpha value is -2.63. The summed E-state index contributed by atoms with van der Waals surface area (Å²) < 4.78 is 0. The largest absolute Gasteiger partial charge is 0.388 e. The van der Waals surface area contributed by atoms with Crippen LogP contribution in [0.1, 0.15) is 69.4 Å². The average Bonchev–Trinajstić information content (AvgIpc) is 3.41. The maximum Gasteiger partial charge on any atom is 0.222 e. The normalized spacial score (nSPS) is 19.1. The number of nitrogens with one attached hydrogen (secondary N) is 1. The lowest BCUT2D eigenvalue weighted by atomic mass is 9.85. The van der Waals surface area contributed by atoms with E-state index in [-0.39, 0.29) is 17.3 Å². The second-order valence-electron chi connectivity index (χ2n) is 8.21. The molecule has 29 heavy (non-hydrogen) atoms. The van der Waals surface area contributed by atoms with Gasteiger partial charge in [-0.15, -0.1) is 0 Å². The Bertz CT molecular complexity index is 784. The van der Waals surface area contributed by atoms with Gasteiger partial charge in [0.25, 0.3) is 0 Å². The first-order valence-electron chi connectivity index (χ1n) is 10.6.